The Morgan fingerprint density at radius 2 is 1.95 bits per heavy atom. The Morgan fingerprint density at radius 1 is 1.33 bits per heavy atom. The van der Waals surface area contributed by atoms with Gasteiger partial charge in [0.2, 0.25) is 0 Å². The summed E-state index contributed by atoms with van der Waals surface area (Å²) in [5.74, 6) is -2.61. The van der Waals surface area contributed by atoms with Gasteiger partial charge in [0.1, 0.15) is 11.9 Å². The van der Waals surface area contributed by atoms with Gasteiger partial charge in [0, 0.05) is 11.6 Å². The Morgan fingerprint density at radius 3 is 2.43 bits per heavy atom. The van der Waals surface area contributed by atoms with Gasteiger partial charge in [0.25, 0.3) is 11.6 Å². The number of nitro groups is 1. The topological polar surface area (TPSA) is 98.5 Å². The van der Waals surface area contributed by atoms with Crippen molar-refractivity contribution in [2.24, 2.45) is 5.92 Å². The van der Waals surface area contributed by atoms with Gasteiger partial charge in [-0.1, -0.05) is 13.8 Å². The number of rotatable bonds is 5. The number of nitro benzene ring substituents is 1. The molecule has 0 radical (unpaired) electrons. The minimum Gasteiger partial charge on any atom is -0.467 e. The van der Waals surface area contributed by atoms with Crippen LogP contribution in [0.3, 0.4) is 0 Å². The molecule has 1 aromatic carbocycles. The van der Waals surface area contributed by atoms with Crippen LogP contribution in [0.5, 0.6) is 0 Å². The zero-order valence-corrected chi connectivity index (χ0v) is 11.8. The number of methoxy groups -OCH3 is 1. The van der Waals surface area contributed by atoms with Gasteiger partial charge in [-0.3, -0.25) is 14.9 Å². The minimum atomic E-state index is -0.926. The molecule has 1 N–H and O–H groups in total. The summed E-state index contributed by atoms with van der Waals surface area (Å²) >= 11 is 0. The molecule has 1 atom stereocenters. The Kier molecular flexibility index (Phi) is 5.34. The first kappa shape index (κ1) is 16.5. The maximum atomic E-state index is 13.3. The van der Waals surface area contributed by atoms with Crippen molar-refractivity contribution in [2.75, 3.05) is 7.11 Å². The molecule has 1 aromatic rings. The predicted octanol–water partition coefficient (Wildman–Crippen LogP) is 1.66. The molecule has 0 bridgehead atoms. The molecule has 0 heterocycles. The lowest BCUT2D eigenvalue weighted by molar-refractivity contribution is -0.385. The number of carbonyl (C=O) groups excluding carboxylic acids is 2. The van der Waals surface area contributed by atoms with E-state index >= 15 is 0 Å². The fraction of sp³-hybridized carbons (Fsp3) is 0.385. The van der Waals surface area contributed by atoms with Crippen molar-refractivity contribution in [3.05, 3.63) is 39.7 Å². The van der Waals surface area contributed by atoms with Crippen LogP contribution >= 0.6 is 0 Å². The largest absolute Gasteiger partial charge is 0.467 e. The summed E-state index contributed by atoms with van der Waals surface area (Å²) in [7, 11) is 1.18. The van der Waals surface area contributed by atoms with Crippen molar-refractivity contribution < 1.29 is 23.6 Å². The highest BCUT2D eigenvalue weighted by Gasteiger charge is 2.26. The van der Waals surface area contributed by atoms with Gasteiger partial charge in [0.05, 0.1) is 18.1 Å². The highest BCUT2D eigenvalue weighted by Crippen LogP contribution is 2.17. The Bertz CT molecular complexity index is 574. The number of non-ortho nitro benzene ring substituents is 1. The molecule has 1 unspecified atom stereocenters. The van der Waals surface area contributed by atoms with Gasteiger partial charge in [-0.05, 0) is 12.0 Å². The lowest BCUT2D eigenvalue weighted by atomic mass is 10.0. The Hall–Kier alpha value is -2.51. The van der Waals surface area contributed by atoms with E-state index in [0.717, 1.165) is 12.1 Å². The molecule has 1 amide bonds. The summed E-state index contributed by atoms with van der Waals surface area (Å²) < 4.78 is 17.9. The van der Waals surface area contributed by atoms with E-state index < -0.39 is 34.3 Å². The Balaban J connectivity index is 3.03. The highest BCUT2D eigenvalue weighted by molar-refractivity contribution is 5.97. The van der Waals surface area contributed by atoms with Crippen LogP contribution in [-0.4, -0.2) is 30.0 Å². The minimum absolute atomic E-state index is 0.240. The van der Waals surface area contributed by atoms with Crippen LogP contribution in [0.4, 0.5) is 10.1 Å². The molecule has 114 valence electrons. The van der Waals surface area contributed by atoms with E-state index in [9.17, 15) is 24.1 Å². The summed E-state index contributed by atoms with van der Waals surface area (Å²) in [6.07, 6.45) is 0. The quantitative estimate of drug-likeness (QED) is 0.506. The average Bonchev–Trinajstić information content (AvgIpc) is 2.42. The molecule has 0 aliphatic rings. The van der Waals surface area contributed by atoms with Gasteiger partial charge in [-0.15, -0.1) is 0 Å². The number of benzene rings is 1. The number of amides is 1. The standard InChI is InChI=1S/C13H15FN2O5/c1-7(2)11(13(18)21-3)15-12(17)8-4-9(14)6-10(5-8)16(19)20/h4-7,11H,1-3H3,(H,15,17). The molecule has 0 spiro atoms. The van der Waals surface area contributed by atoms with E-state index in [-0.39, 0.29) is 11.5 Å². The fourth-order valence-electron chi connectivity index (χ4n) is 1.66. The van der Waals surface area contributed by atoms with Crippen LogP contribution in [0.1, 0.15) is 24.2 Å². The van der Waals surface area contributed by atoms with Crippen molar-refractivity contribution in [3.8, 4) is 0 Å². The molecule has 8 heteroatoms. The third-order valence-corrected chi connectivity index (χ3v) is 2.76. The number of hydrogen-bond acceptors (Lipinski definition) is 5. The molecular weight excluding hydrogens is 283 g/mol. The summed E-state index contributed by atoms with van der Waals surface area (Å²) in [6.45, 7) is 3.38. The first-order valence-electron chi connectivity index (χ1n) is 6.10. The summed E-state index contributed by atoms with van der Waals surface area (Å²) in [5.41, 5.74) is -0.782. The second-order valence-electron chi connectivity index (χ2n) is 4.67. The SMILES string of the molecule is COC(=O)C(NC(=O)c1cc(F)cc([N+](=O)[O-])c1)C(C)C. The monoisotopic (exact) mass is 298 g/mol. The molecule has 21 heavy (non-hydrogen) atoms. The van der Waals surface area contributed by atoms with Gasteiger partial charge in [0.15, 0.2) is 0 Å². The number of ether oxygens (including phenoxy) is 1. The van der Waals surface area contributed by atoms with E-state index in [2.05, 4.69) is 10.1 Å². The van der Waals surface area contributed by atoms with Gasteiger partial charge < -0.3 is 10.1 Å². The third kappa shape index (κ3) is 4.23. The maximum Gasteiger partial charge on any atom is 0.328 e. The molecule has 0 saturated heterocycles. The molecule has 0 aliphatic carbocycles. The predicted molar refractivity (Wildman–Crippen MR) is 71.2 cm³/mol. The van der Waals surface area contributed by atoms with Crippen LogP contribution in [0, 0.1) is 21.8 Å². The van der Waals surface area contributed by atoms with Crippen LogP contribution < -0.4 is 5.32 Å². The zero-order valence-electron chi connectivity index (χ0n) is 11.8. The second kappa shape index (κ2) is 6.78. The fourth-order valence-corrected chi connectivity index (χ4v) is 1.66. The van der Waals surface area contributed by atoms with E-state index in [1.54, 1.807) is 13.8 Å². The zero-order chi connectivity index (χ0) is 16.2. The van der Waals surface area contributed by atoms with Gasteiger partial charge >= 0.3 is 5.97 Å². The number of nitrogens with zero attached hydrogens (tertiary/aromatic N) is 1. The second-order valence-corrected chi connectivity index (χ2v) is 4.67. The summed E-state index contributed by atoms with van der Waals surface area (Å²) in [4.78, 5) is 33.4. The normalized spacial score (nSPS) is 11.9. The summed E-state index contributed by atoms with van der Waals surface area (Å²) in [6, 6.07) is 1.57. The van der Waals surface area contributed by atoms with E-state index in [1.165, 1.54) is 7.11 Å². The van der Waals surface area contributed by atoms with Crippen LogP contribution in [-0.2, 0) is 9.53 Å². The van der Waals surface area contributed by atoms with E-state index in [1.807, 2.05) is 0 Å². The molecule has 0 aliphatic heterocycles. The van der Waals surface area contributed by atoms with E-state index in [0.29, 0.717) is 6.07 Å². The smallest absolute Gasteiger partial charge is 0.328 e. The lowest BCUT2D eigenvalue weighted by Crippen LogP contribution is -2.45. The molecule has 0 saturated carbocycles. The number of esters is 1. The number of halogens is 1. The Labute approximate surface area is 120 Å². The van der Waals surface area contributed by atoms with Gasteiger partial charge in [-0.25, -0.2) is 9.18 Å². The van der Waals surface area contributed by atoms with Crippen molar-refractivity contribution in [1.82, 2.24) is 5.32 Å². The summed E-state index contributed by atoms with van der Waals surface area (Å²) in [5, 5.41) is 13.0. The number of hydrogen-bond donors (Lipinski definition) is 1. The lowest BCUT2D eigenvalue weighted by Gasteiger charge is -2.19. The number of carbonyl (C=O) groups is 2. The van der Waals surface area contributed by atoms with Crippen molar-refractivity contribution >= 4 is 17.6 Å². The van der Waals surface area contributed by atoms with E-state index in [4.69, 9.17) is 0 Å². The highest BCUT2D eigenvalue weighted by atomic mass is 19.1. The van der Waals surface area contributed by atoms with Gasteiger partial charge in [-0.2, -0.15) is 0 Å². The molecule has 0 fully saturated rings. The average molecular weight is 298 g/mol. The molecule has 0 aromatic heterocycles. The molecule has 1 rings (SSSR count). The molecule has 7 nitrogen and oxygen atoms in total. The van der Waals surface area contributed by atoms with Crippen LogP contribution in [0.2, 0.25) is 0 Å². The van der Waals surface area contributed by atoms with Crippen molar-refractivity contribution in [1.29, 1.82) is 0 Å². The molecular formula is C13H15FN2O5. The first-order valence-corrected chi connectivity index (χ1v) is 6.10. The van der Waals surface area contributed by atoms with Crippen LogP contribution in [0.15, 0.2) is 18.2 Å². The van der Waals surface area contributed by atoms with Crippen molar-refractivity contribution in [3.63, 3.8) is 0 Å². The first-order chi connectivity index (χ1) is 9.76. The third-order valence-electron chi connectivity index (χ3n) is 2.76. The number of nitrogens with one attached hydrogen (secondary N) is 1. The van der Waals surface area contributed by atoms with Crippen molar-refractivity contribution in [2.45, 2.75) is 19.9 Å². The maximum absolute atomic E-state index is 13.3. The van der Waals surface area contributed by atoms with Crippen LogP contribution in [0.25, 0.3) is 0 Å².